The van der Waals surface area contributed by atoms with Gasteiger partial charge >= 0.3 is 34.7 Å². The third-order valence-corrected chi connectivity index (χ3v) is 5.93. The summed E-state index contributed by atoms with van der Waals surface area (Å²) >= 11 is 0. The first-order valence-corrected chi connectivity index (χ1v) is 8.10. The topological polar surface area (TPSA) is 80.3 Å². The zero-order valence-corrected chi connectivity index (χ0v) is 12.9. The minimum absolute atomic E-state index is 1.31. The predicted molar refractivity (Wildman–Crippen MR) is 52.9 cm³/mol. The fraction of sp³-hybridized carbons (Fsp3) is 1.00. The van der Waals surface area contributed by atoms with Gasteiger partial charge < -0.3 is 0 Å². The van der Waals surface area contributed by atoms with Gasteiger partial charge in [-0.1, -0.05) is 4.13 Å². The predicted octanol–water partition coefficient (Wildman–Crippen LogP) is 2.82. The first kappa shape index (κ1) is 25.9. The Labute approximate surface area is 138 Å². The van der Waals surface area contributed by atoms with Crippen molar-refractivity contribution in [2.45, 2.75) is 34.7 Å². The first-order chi connectivity index (χ1) is 11.2. The minimum atomic E-state index is -8.24. The van der Waals surface area contributed by atoms with Gasteiger partial charge in [0.2, 0.25) is 0 Å². The van der Waals surface area contributed by atoms with Crippen molar-refractivity contribution in [1.82, 2.24) is 4.13 Å². The van der Waals surface area contributed by atoms with Crippen LogP contribution in [-0.2, 0) is 20.0 Å². The molecule has 0 spiro atoms. The molecule has 0 aliphatic heterocycles. The number of sulfonamides is 2. The van der Waals surface area contributed by atoms with E-state index in [4.69, 9.17) is 0 Å². The van der Waals surface area contributed by atoms with Crippen molar-refractivity contribution in [2.24, 2.45) is 0 Å². The lowest BCUT2D eigenvalue weighted by Gasteiger charge is -2.33. The number of rotatable bonds is 6. The maximum atomic E-state index is 13.0. The summed E-state index contributed by atoms with van der Waals surface area (Å²) in [5.74, 6) is -15.9. The minimum Gasteiger partial charge on any atom is -0.205 e. The van der Waals surface area contributed by atoms with Crippen LogP contribution in [0.4, 0.5) is 61.5 Å². The van der Waals surface area contributed by atoms with Crippen molar-refractivity contribution >= 4 is 20.0 Å². The summed E-state index contributed by atoms with van der Waals surface area (Å²) in [6.07, 6.45) is -14.8. The van der Waals surface area contributed by atoms with Crippen LogP contribution in [0.15, 0.2) is 0 Å². The molecule has 0 aliphatic rings. The second-order valence-electron chi connectivity index (χ2n) is 4.27. The van der Waals surface area contributed by atoms with Crippen LogP contribution in [0.3, 0.4) is 0 Å². The Hall–Kier alpha value is -1.12. The lowest BCUT2D eigenvalue weighted by atomic mass is 10.1. The third kappa shape index (κ3) is 3.76. The maximum Gasteiger partial charge on any atom is 0.471 e. The summed E-state index contributed by atoms with van der Waals surface area (Å²) in [7, 11) is -16.2. The molecule has 0 amide bonds. The van der Waals surface area contributed by atoms with Crippen molar-refractivity contribution in [1.29, 1.82) is 0 Å². The van der Waals surface area contributed by atoms with Crippen molar-refractivity contribution in [3.05, 3.63) is 0 Å². The third-order valence-electron chi connectivity index (χ3n) is 2.34. The summed E-state index contributed by atoms with van der Waals surface area (Å²) < 4.78 is 214. The Balaban J connectivity index is 6.41. The van der Waals surface area contributed by atoms with Crippen LogP contribution in [0, 0.1) is 0 Å². The summed E-state index contributed by atoms with van der Waals surface area (Å²) in [6, 6.07) is 0. The second kappa shape index (κ2) is 6.19. The van der Waals surface area contributed by atoms with Gasteiger partial charge in [0.15, 0.2) is 0 Å². The van der Waals surface area contributed by atoms with Gasteiger partial charge in [0, 0.05) is 0 Å². The normalized spacial score (nSPS) is 16.5. The van der Waals surface area contributed by atoms with Crippen LogP contribution in [0.2, 0.25) is 0 Å². The molecule has 0 aromatic carbocycles. The fourth-order valence-electron chi connectivity index (χ4n) is 0.931. The molecule has 21 heteroatoms. The van der Waals surface area contributed by atoms with E-state index in [0.717, 1.165) is 0 Å². The smallest absolute Gasteiger partial charge is 0.205 e. The zero-order chi connectivity index (χ0) is 22.7. The molecular formula is C6HF14NO4S2. The fourth-order valence-corrected chi connectivity index (χ4v) is 3.69. The largest absolute Gasteiger partial charge is 0.471 e. The Kier molecular flexibility index (Phi) is 5.93. The molecule has 0 aromatic rings. The van der Waals surface area contributed by atoms with Crippen LogP contribution in [0.25, 0.3) is 0 Å². The lowest BCUT2D eigenvalue weighted by Crippen LogP contribution is -2.66. The highest BCUT2D eigenvalue weighted by Crippen LogP contribution is 2.54. The number of hydrogen-bond donors (Lipinski definition) is 1. The van der Waals surface area contributed by atoms with Gasteiger partial charge in [-0.25, -0.2) is 16.8 Å². The maximum absolute atomic E-state index is 13.0. The molecule has 0 rings (SSSR count). The van der Waals surface area contributed by atoms with Crippen LogP contribution >= 0.6 is 0 Å². The molecule has 27 heavy (non-hydrogen) atoms. The molecule has 0 radical (unpaired) electrons. The van der Waals surface area contributed by atoms with E-state index in [1.54, 1.807) is 0 Å². The standard InChI is InChI=1S/C6HF14NO4S2/c7-1(8,3(11,12)13)2(9,10)5(17,18)26(22,23)21-27(24,25)6(19,20)4(14,15)16/h21H. The van der Waals surface area contributed by atoms with Crippen LogP contribution in [0.1, 0.15) is 0 Å². The molecule has 0 heterocycles. The van der Waals surface area contributed by atoms with E-state index >= 15 is 0 Å². The first-order valence-electron chi connectivity index (χ1n) is 5.13. The van der Waals surface area contributed by atoms with Crippen LogP contribution in [0.5, 0.6) is 0 Å². The van der Waals surface area contributed by atoms with E-state index in [-0.39, 0.29) is 0 Å². The Morgan fingerprint density at radius 1 is 0.444 bits per heavy atom. The Bertz CT molecular complexity index is 775. The van der Waals surface area contributed by atoms with E-state index in [2.05, 4.69) is 0 Å². The van der Waals surface area contributed by atoms with E-state index in [1.807, 2.05) is 0 Å². The quantitative estimate of drug-likeness (QED) is 0.592. The molecule has 0 saturated carbocycles. The highest BCUT2D eigenvalue weighted by atomic mass is 32.3. The summed E-state index contributed by atoms with van der Waals surface area (Å²) in [4.78, 5) is 0. The summed E-state index contributed by atoms with van der Waals surface area (Å²) in [5, 5.41) is -15.1. The van der Waals surface area contributed by atoms with Crippen LogP contribution < -0.4 is 4.13 Å². The summed E-state index contributed by atoms with van der Waals surface area (Å²) in [5.41, 5.74) is 0. The Morgan fingerprint density at radius 3 is 1.00 bits per heavy atom. The molecule has 5 nitrogen and oxygen atoms in total. The van der Waals surface area contributed by atoms with Gasteiger partial charge in [-0.15, -0.1) is 0 Å². The number of hydrogen-bond acceptors (Lipinski definition) is 4. The molecule has 0 saturated heterocycles. The van der Waals surface area contributed by atoms with Crippen molar-refractivity contribution in [3.8, 4) is 0 Å². The van der Waals surface area contributed by atoms with Crippen LogP contribution in [-0.4, -0.2) is 51.5 Å². The molecule has 0 fully saturated rings. The Morgan fingerprint density at radius 2 is 0.741 bits per heavy atom. The highest BCUT2D eigenvalue weighted by Gasteiger charge is 2.86. The lowest BCUT2D eigenvalue weighted by molar-refractivity contribution is -0.382. The zero-order valence-electron chi connectivity index (χ0n) is 11.2. The van der Waals surface area contributed by atoms with Gasteiger partial charge in [-0.3, -0.25) is 0 Å². The second-order valence-corrected chi connectivity index (χ2v) is 7.97. The molecule has 0 aromatic heterocycles. The number of alkyl halides is 14. The molecule has 1 N–H and O–H groups in total. The van der Waals surface area contributed by atoms with E-state index in [0.29, 0.717) is 0 Å². The average molecular weight is 481 g/mol. The molecular weight excluding hydrogens is 480 g/mol. The monoisotopic (exact) mass is 481 g/mol. The highest BCUT2D eigenvalue weighted by molar-refractivity contribution is 8.05. The van der Waals surface area contributed by atoms with E-state index in [9.17, 15) is 78.3 Å². The van der Waals surface area contributed by atoms with Gasteiger partial charge in [-0.2, -0.15) is 61.5 Å². The molecule has 0 bridgehead atoms. The van der Waals surface area contributed by atoms with E-state index in [1.165, 1.54) is 0 Å². The van der Waals surface area contributed by atoms with Gasteiger partial charge in [0.05, 0.1) is 0 Å². The molecule has 0 aliphatic carbocycles. The van der Waals surface area contributed by atoms with Gasteiger partial charge in [-0.05, 0) is 0 Å². The van der Waals surface area contributed by atoms with Gasteiger partial charge in [0.25, 0.3) is 20.0 Å². The number of halogens is 14. The van der Waals surface area contributed by atoms with Gasteiger partial charge in [0.1, 0.15) is 0 Å². The number of nitrogens with one attached hydrogen (secondary N) is 1. The van der Waals surface area contributed by atoms with Crippen molar-refractivity contribution in [2.75, 3.05) is 0 Å². The van der Waals surface area contributed by atoms with Crippen molar-refractivity contribution in [3.63, 3.8) is 0 Å². The van der Waals surface area contributed by atoms with Crippen molar-refractivity contribution < 1.29 is 78.3 Å². The SMILES string of the molecule is O=S(=O)(NS(=O)(=O)C(F)(F)C(F)(F)C(F)(F)C(F)(F)F)C(F)(F)C(F)(F)F. The van der Waals surface area contributed by atoms with E-state index < -0.39 is 58.9 Å². The molecule has 164 valence electrons. The molecule has 0 unspecified atom stereocenters. The molecule has 0 atom stereocenters. The summed E-state index contributed by atoms with van der Waals surface area (Å²) in [6.45, 7) is 0. The average Bonchev–Trinajstić information content (AvgIpc) is 2.33.